The van der Waals surface area contributed by atoms with Crippen molar-refractivity contribution >= 4 is 5.97 Å². The largest absolute Gasteiger partial charge is 0.481 e. The average Bonchev–Trinajstić information content (AvgIpc) is 3.13. The number of hydrogen-bond acceptors (Lipinski definition) is 2. The van der Waals surface area contributed by atoms with E-state index in [0.717, 1.165) is 38.5 Å². The predicted molar refractivity (Wildman–Crippen MR) is 133 cm³/mol. The zero-order chi connectivity index (χ0) is 24.2. The van der Waals surface area contributed by atoms with Crippen LogP contribution in [0.2, 0.25) is 0 Å². The first-order valence-electron chi connectivity index (χ1n) is 13.8. The summed E-state index contributed by atoms with van der Waals surface area (Å²) in [6.07, 6.45) is 10.5. The van der Waals surface area contributed by atoms with Gasteiger partial charge in [0.2, 0.25) is 0 Å². The molecular weight excluding hydrogens is 408 g/mol. The molecular formula is C30H48O3. The van der Waals surface area contributed by atoms with Gasteiger partial charge in [-0.3, -0.25) is 4.79 Å². The zero-order valence-corrected chi connectivity index (χ0v) is 22.0. The Kier molecular flexibility index (Phi) is 5.15. The van der Waals surface area contributed by atoms with Gasteiger partial charge in [0.1, 0.15) is 0 Å². The molecule has 10 atom stereocenters. The van der Waals surface area contributed by atoms with Crippen molar-refractivity contribution in [1.29, 1.82) is 0 Å². The van der Waals surface area contributed by atoms with Crippen molar-refractivity contribution in [3.8, 4) is 0 Å². The quantitative estimate of drug-likeness (QED) is 0.436. The lowest BCUT2D eigenvalue weighted by molar-refractivity contribution is -0.248. The van der Waals surface area contributed by atoms with Crippen molar-refractivity contribution in [3.05, 3.63) is 12.2 Å². The highest BCUT2D eigenvalue weighted by Gasteiger charge is 2.71. The number of carboxylic acid groups (broad SMARTS) is 1. The number of aliphatic carboxylic acids is 1. The van der Waals surface area contributed by atoms with Crippen LogP contribution < -0.4 is 0 Å². The Balaban J connectivity index is 1.57. The lowest BCUT2D eigenvalue weighted by atomic mass is 9.32. The topological polar surface area (TPSA) is 57.5 Å². The summed E-state index contributed by atoms with van der Waals surface area (Å²) in [6, 6.07) is 0. The molecule has 0 heterocycles. The van der Waals surface area contributed by atoms with Crippen molar-refractivity contribution < 1.29 is 15.0 Å². The highest BCUT2D eigenvalue weighted by molar-refractivity contribution is 5.76. The highest BCUT2D eigenvalue weighted by atomic mass is 16.4. The van der Waals surface area contributed by atoms with Gasteiger partial charge in [0.15, 0.2) is 0 Å². The third-order valence-corrected chi connectivity index (χ3v) is 13.5. The Labute approximate surface area is 201 Å². The van der Waals surface area contributed by atoms with Crippen LogP contribution in [0.1, 0.15) is 106 Å². The van der Waals surface area contributed by atoms with Gasteiger partial charge in [-0.1, -0.05) is 46.8 Å². The van der Waals surface area contributed by atoms with E-state index in [1.807, 2.05) is 0 Å². The van der Waals surface area contributed by atoms with E-state index in [4.69, 9.17) is 0 Å². The minimum atomic E-state index is -0.538. The molecule has 5 rings (SSSR count). The maximum atomic E-state index is 12.8. The van der Waals surface area contributed by atoms with Crippen molar-refractivity contribution in [2.24, 2.45) is 56.7 Å². The molecule has 186 valence electrons. The molecule has 5 fully saturated rings. The van der Waals surface area contributed by atoms with Gasteiger partial charge in [0.05, 0.1) is 11.5 Å². The minimum absolute atomic E-state index is 0.0202. The average molecular weight is 457 g/mol. The summed E-state index contributed by atoms with van der Waals surface area (Å²) >= 11 is 0. The van der Waals surface area contributed by atoms with Gasteiger partial charge in [-0.15, -0.1) is 0 Å². The normalized spacial score (nSPS) is 55.0. The molecule has 5 aliphatic carbocycles. The van der Waals surface area contributed by atoms with Crippen LogP contribution in [0.25, 0.3) is 0 Å². The molecule has 2 N–H and O–H groups in total. The number of aliphatic hydroxyl groups excluding tert-OH is 1. The summed E-state index contributed by atoms with van der Waals surface area (Å²) in [5.41, 5.74) is 1.35. The fourth-order valence-corrected chi connectivity index (χ4v) is 11.5. The molecule has 0 spiro atoms. The van der Waals surface area contributed by atoms with Gasteiger partial charge in [-0.05, 0) is 122 Å². The fraction of sp³-hybridized carbons (Fsp3) is 0.900. The molecule has 0 aromatic heterocycles. The van der Waals surface area contributed by atoms with E-state index in [2.05, 4.69) is 48.1 Å². The Morgan fingerprint density at radius 2 is 1.52 bits per heavy atom. The second-order valence-corrected chi connectivity index (χ2v) is 14.5. The van der Waals surface area contributed by atoms with Crippen molar-refractivity contribution in [2.75, 3.05) is 0 Å². The molecule has 33 heavy (non-hydrogen) atoms. The molecule has 3 heteroatoms. The van der Waals surface area contributed by atoms with Crippen LogP contribution in [0.4, 0.5) is 0 Å². The first-order valence-corrected chi connectivity index (χ1v) is 13.8. The van der Waals surface area contributed by atoms with Crippen LogP contribution in [-0.2, 0) is 4.79 Å². The maximum Gasteiger partial charge on any atom is 0.309 e. The third kappa shape index (κ3) is 2.75. The molecule has 0 aromatic rings. The molecule has 0 bridgehead atoms. The number of fused-ring (bicyclic) bond motifs is 7. The summed E-state index contributed by atoms with van der Waals surface area (Å²) in [6.45, 7) is 18.8. The Morgan fingerprint density at radius 1 is 0.818 bits per heavy atom. The first kappa shape index (κ1) is 23.9. The smallest absolute Gasteiger partial charge is 0.309 e. The van der Waals surface area contributed by atoms with Gasteiger partial charge in [0, 0.05) is 0 Å². The fourth-order valence-electron chi connectivity index (χ4n) is 11.5. The summed E-state index contributed by atoms with van der Waals surface area (Å²) in [5, 5.41) is 21.4. The first-order chi connectivity index (χ1) is 15.3. The number of carbonyl (C=O) groups is 1. The number of allylic oxidation sites excluding steroid dienone is 1. The number of hydrogen-bond donors (Lipinski definition) is 2. The van der Waals surface area contributed by atoms with Crippen LogP contribution in [0.15, 0.2) is 12.2 Å². The number of aliphatic hydroxyl groups is 1. The van der Waals surface area contributed by atoms with E-state index < -0.39 is 11.4 Å². The van der Waals surface area contributed by atoms with Gasteiger partial charge >= 0.3 is 5.97 Å². The zero-order valence-electron chi connectivity index (χ0n) is 22.0. The summed E-state index contributed by atoms with van der Waals surface area (Å²) in [4.78, 5) is 12.8. The van der Waals surface area contributed by atoms with Crippen LogP contribution >= 0.6 is 0 Å². The Hall–Kier alpha value is -0.830. The summed E-state index contributed by atoms with van der Waals surface area (Å²) < 4.78 is 0. The van der Waals surface area contributed by atoms with Crippen molar-refractivity contribution in [2.45, 2.75) is 112 Å². The minimum Gasteiger partial charge on any atom is -0.481 e. The Bertz CT molecular complexity index is 861. The molecule has 5 saturated carbocycles. The van der Waals surface area contributed by atoms with Gasteiger partial charge in [-0.25, -0.2) is 0 Å². The van der Waals surface area contributed by atoms with Crippen LogP contribution in [0, 0.1) is 56.7 Å². The molecule has 0 aliphatic heterocycles. The number of carboxylic acids is 1. The SMILES string of the molecule is C=C(C)C1CC[C@@]2(C(=O)O)CC[C@]3(C)C(CCC4[C@@]5(C)CCC(O)C(C)(C)C5CC[C@]43C)C12. The molecule has 0 amide bonds. The van der Waals surface area contributed by atoms with Crippen molar-refractivity contribution in [1.82, 2.24) is 0 Å². The Morgan fingerprint density at radius 3 is 2.15 bits per heavy atom. The molecule has 5 aliphatic rings. The monoisotopic (exact) mass is 456 g/mol. The molecule has 3 nitrogen and oxygen atoms in total. The van der Waals surface area contributed by atoms with Gasteiger partial charge in [-0.2, -0.15) is 0 Å². The lowest BCUT2D eigenvalue weighted by Gasteiger charge is -2.72. The van der Waals surface area contributed by atoms with Gasteiger partial charge in [0.25, 0.3) is 0 Å². The van der Waals surface area contributed by atoms with E-state index in [9.17, 15) is 15.0 Å². The standard InChI is InChI=1S/C30H48O3/c1-18(2)19-10-15-30(25(32)33)17-16-28(6)20(24(19)30)8-9-22-27(5)13-12-23(31)26(3,4)21(27)11-14-29(22,28)7/h19-24,31H,1,8-17H2,2-7H3,(H,32,33)/t19?,20?,21?,22?,23?,24?,27-,28+,29+,30+/m0/s1. The second kappa shape index (κ2) is 7.11. The highest BCUT2D eigenvalue weighted by Crippen LogP contribution is 2.77. The van der Waals surface area contributed by atoms with Crippen molar-refractivity contribution in [3.63, 3.8) is 0 Å². The third-order valence-electron chi connectivity index (χ3n) is 13.5. The van der Waals surface area contributed by atoms with E-state index >= 15 is 0 Å². The van der Waals surface area contributed by atoms with Crippen LogP contribution in [0.3, 0.4) is 0 Å². The predicted octanol–water partition coefficient (Wildman–Crippen LogP) is 7.09. The molecule has 6 unspecified atom stereocenters. The van der Waals surface area contributed by atoms with E-state index in [1.54, 1.807) is 0 Å². The lowest BCUT2D eigenvalue weighted by Crippen LogP contribution is -2.67. The van der Waals surface area contributed by atoms with Crippen LogP contribution in [0.5, 0.6) is 0 Å². The summed E-state index contributed by atoms with van der Waals surface area (Å²) in [5.74, 6) is 1.79. The summed E-state index contributed by atoms with van der Waals surface area (Å²) in [7, 11) is 0. The van der Waals surface area contributed by atoms with Crippen LogP contribution in [-0.4, -0.2) is 22.3 Å². The maximum absolute atomic E-state index is 12.8. The van der Waals surface area contributed by atoms with E-state index in [1.165, 1.54) is 31.3 Å². The van der Waals surface area contributed by atoms with E-state index in [-0.39, 0.29) is 33.7 Å². The second-order valence-electron chi connectivity index (χ2n) is 14.5. The number of rotatable bonds is 2. The molecule has 0 saturated heterocycles. The van der Waals surface area contributed by atoms with Gasteiger partial charge < -0.3 is 10.2 Å². The molecule has 0 radical (unpaired) electrons. The molecule has 0 aromatic carbocycles. The van der Waals surface area contributed by atoms with E-state index in [0.29, 0.717) is 23.7 Å².